The van der Waals surface area contributed by atoms with E-state index in [-0.39, 0.29) is 5.41 Å². The van der Waals surface area contributed by atoms with Crippen molar-refractivity contribution in [3.8, 4) is 5.69 Å². The zero-order valence-electron chi connectivity index (χ0n) is 27.3. The number of anilines is 3. The minimum absolute atomic E-state index is 0.118. The lowest BCUT2D eigenvalue weighted by Gasteiger charge is -2.64. The van der Waals surface area contributed by atoms with E-state index in [2.05, 4.69) is 137 Å². The van der Waals surface area contributed by atoms with Crippen molar-refractivity contribution in [2.45, 2.75) is 37.5 Å². The summed E-state index contributed by atoms with van der Waals surface area (Å²) in [6.45, 7) is 0. The van der Waals surface area contributed by atoms with Crippen molar-refractivity contribution >= 4 is 60.8 Å². The van der Waals surface area contributed by atoms with Crippen molar-refractivity contribution in [2.24, 2.45) is 23.7 Å². The largest absolute Gasteiger partial charge is 0.456 e. The molecule has 0 unspecified atom stereocenters. The monoisotopic (exact) mass is 632 g/mol. The molecule has 3 heteroatoms. The van der Waals surface area contributed by atoms with Crippen LogP contribution in [0.4, 0.5) is 17.1 Å². The van der Waals surface area contributed by atoms with Gasteiger partial charge in [0, 0.05) is 38.3 Å². The maximum atomic E-state index is 6.20. The smallest absolute Gasteiger partial charge is 0.135 e. The van der Waals surface area contributed by atoms with Gasteiger partial charge in [0.2, 0.25) is 0 Å². The maximum absolute atomic E-state index is 6.20. The molecular weight excluding hydrogens is 597 g/mol. The molecule has 4 bridgehead atoms. The maximum Gasteiger partial charge on any atom is 0.135 e. The van der Waals surface area contributed by atoms with Crippen LogP contribution in [0.25, 0.3) is 49.4 Å². The van der Waals surface area contributed by atoms with E-state index in [9.17, 15) is 0 Å². The molecule has 4 fully saturated rings. The minimum Gasteiger partial charge on any atom is -0.456 e. The fourth-order valence-electron chi connectivity index (χ4n) is 11.6. The number of furan rings is 1. The summed E-state index contributed by atoms with van der Waals surface area (Å²) in [6, 6.07) is 49.9. The Labute approximate surface area is 285 Å². The summed E-state index contributed by atoms with van der Waals surface area (Å²) in [6.07, 6.45) is 7.03. The average molecular weight is 633 g/mol. The first-order valence-corrected chi connectivity index (χ1v) is 18.2. The van der Waals surface area contributed by atoms with Gasteiger partial charge in [0.1, 0.15) is 11.2 Å². The van der Waals surface area contributed by atoms with Crippen LogP contribution in [-0.2, 0) is 5.41 Å². The molecule has 1 aliphatic heterocycles. The molecule has 8 aromatic rings. The van der Waals surface area contributed by atoms with Crippen molar-refractivity contribution < 1.29 is 4.42 Å². The van der Waals surface area contributed by atoms with Crippen LogP contribution < -0.4 is 4.90 Å². The van der Waals surface area contributed by atoms with E-state index in [1.807, 2.05) is 6.07 Å². The van der Waals surface area contributed by atoms with Gasteiger partial charge in [-0.2, -0.15) is 0 Å². The molecule has 4 saturated carbocycles. The molecule has 3 heterocycles. The molecule has 13 rings (SSSR count). The summed E-state index contributed by atoms with van der Waals surface area (Å²) in [7, 11) is 0. The molecule has 2 aromatic heterocycles. The number of rotatable bonds is 2. The van der Waals surface area contributed by atoms with Gasteiger partial charge in [0.05, 0.1) is 22.4 Å². The summed E-state index contributed by atoms with van der Waals surface area (Å²) in [5.74, 6) is 3.33. The fraction of sp³-hybridized carbons (Fsp3) is 0.217. The molecular formula is C46H36N2O. The number of fused-ring (bicyclic) bond motifs is 8. The van der Waals surface area contributed by atoms with Gasteiger partial charge < -0.3 is 13.9 Å². The van der Waals surface area contributed by atoms with Gasteiger partial charge in [0.15, 0.2) is 0 Å². The van der Waals surface area contributed by atoms with Crippen LogP contribution in [0.2, 0.25) is 0 Å². The highest BCUT2D eigenvalue weighted by molar-refractivity contribution is 6.12. The lowest BCUT2D eigenvalue weighted by Crippen LogP contribution is -2.57. The first kappa shape index (κ1) is 26.6. The van der Waals surface area contributed by atoms with Crippen molar-refractivity contribution in [1.29, 1.82) is 0 Å². The van der Waals surface area contributed by atoms with Crippen molar-refractivity contribution in [3.05, 3.63) is 145 Å². The van der Waals surface area contributed by atoms with E-state index in [1.54, 1.807) is 11.1 Å². The third-order valence-corrected chi connectivity index (χ3v) is 13.1. The zero-order valence-corrected chi connectivity index (χ0v) is 27.3. The van der Waals surface area contributed by atoms with Gasteiger partial charge in [0.25, 0.3) is 0 Å². The topological polar surface area (TPSA) is 21.3 Å². The predicted octanol–water partition coefficient (Wildman–Crippen LogP) is 12.2. The lowest BCUT2D eigenvalue weighted by molar-refractivity contribution is -0.0419. The Morgan fingerprint density at radius 3 is 1.80 bits per heavy atom. The second-order valence-corrected chi connectivity index (χ2v) is 15.4. The van der Waals surface area contributed by atoms with Crippen LogP contribution >= 0.6 is 0 Å². The minimum atomic E-state index is 0.118. The number of benzene rings is 6. The predicted molar refractivity (Wildman–Crippen MR) is 201 cm³/mol. The molecule has 236 valence electrons. The van der Waals surface area contributed by atoms with E-state index >= 15 is 0 Å². The molecule has 3 nitrogen and oxygen atoms in total. The highest BCUT2D eigenvalue weighted by atomic mass is 16.3. The zero-order chi connectivity index (χ0) is 31.8. The van der Waals surface area contributed by atoms with Crippen LogP contribution in [0, 0.1) is 23.7 Å². The molecule has 4 aliphatic carbocycles. The normalized spacial score (nSPS) is 23.2. The first-order valence-electron chi connectivity index (χ1n) is 18.2. The average Bonchev–Trinajstić information content (AvgIpc) is 3.68. The first-order chi connectivity index (χ1) is 24.3. The van der Waals surface area contributed by atoms with Crippen LogP contribution in [0.3, 0.4) is 0 Å². The van der Waals surface area contributed by atoms with Crippen LogP contribution in [0.15, 0.2) is 138 Å². The third kappa shape index (κ3) is 3.38. The SMILES string of the molecule is c1ccc2c(c1)N(c1ccc3c(c1)c1ccccc1n3-c1ccc3oc4ccccc4c3c1)c1ccccc1C21C2C[C@H]3C[C@@H](C2)C[C@@H]1C3. The highest BCUT2D eigenvalue weighted by Gasteiger charge is 2.61. The summed E-state index contributed by atoms with van der Waals surface area (Å²) in [5.41, 5.74) is 12.6. The van der Waals surface area contributed by atoms with Crippen molar-refractivity contribution in [2.75, 3.05) is 4.90 Å². The molecule has 0 N–H and O–H groups in total. The standard InChI is InChI=1S/C46H36N2O/c1-5-13-40-34(9-1)36-26-32(17-19-41(36)47(40)33-18-20-45-37(27-33)35-10-2-8-16-44(35)49-45)48-42-14-6-3-11-38(42)46(39-12-4-7-15-43(39)48)30-22-28-21-29(24-30)25-31(46)23-28/h1-20,26-31H,21-25H2/t28-,29+,30-,31?. The molecule has 5 aliphatic rings. The Morgan fingerprint density at radius 2 is 1.04 bits per heavy atom. The second-order valence-electron chi connectivity index (χ2n) is 15.4. The van der Waals surface area contributed by atoms with Crippen LogP contribution in [-0.4, -0.2) is 4.57 Å². The number of hydrogen-bond acceptors (Lipinski definition) is 2. The Hall–Kier alpha value is -5.28. The molecule has 0 radical (unpaired) electrons. The Bertz CT molecular complexity index is 2580. The van der Waals surface area contributed by atoms with E-state index < -0.39 is 0 Å². The van der Waals surface area contributed by atoms with Gasteiger partial charge in [-0.1, -0.05) is 72.8 Å². The molecule has 0 atom stereocenters. The van der Waals surface area contributed by atoms with Crippen molar-refractivity contribution in [1.82, 2.24) is 4.57 Å². The summed E-state index contributed by atoms with van der Waals surface area (Å²) < 4.78 is 8.63. The summed E-state index contributed by atoms with van der Waals surface area (Å²) >= 11 is 0. The lowest BCUT2D eigenvalue weighted by atomic mass is 9.41. The van der Waals surface area contributed by atoms with Crippen molar-refractivity contribution in [3.63, 3.8) is 0 Å². The molecule has 0 saturated heterocycles. The Morgan fingerprint density at radius 1 is 0.469 bits per heavy atom. The van der Waals surface area contributed by atoms with E-state index in [0.29, 0.717) is 0 Å². The number of hydrogen-bond donors (Lipinski definition) is 0. The number of nitrogens with zero attached hydrogens (tertiary/aromatic N) is 2. The Balaban J connectivity index is 1.07. The fourth-order valence-corrected chi connectivity index (χ4v) is 11.6. The van der Waals surface area contributed by atoms with Gasteiger partial charge >= 0.3 is 0 Å². The van der Waals surface area contributed by atoms with Gasteiger partial charge in [-0.25, -0.2) is 0 Å². The Kier molecular flexibility index (Phi) is 5.14. The summed E-state index contributed by atoms with van der Waals surface area (Å²) in [4.78, 5) is 2.58. The van der Waals surface area contributed by atoms with E-state index in [0.717, 1.165) is 51.3 Å². The van der Waals surface area contributed by atoms with Gasteiger partial charge in [-0.3, -0.25) is 0 Å². The molecule has 49 heavy (non-hydrogen) atoms. The van der Waals surface area contributed by atoms with Gasteiger partial charge in [-0.15, -0.1) is 0 Å². The highest BCUT2D eigenvalue weighted by Crippen LogP contribution is 2.69. The van der Waals surface area contributed by atoms with E-state index in [4.69, 9.17) is 4.42 Å². The van der Waals surface area contributed by atoms with E-state index in [1.165, 1.54) is 71.0 Å². The third-order valence-electron chi connectivity index (χ3n) is 13.1. The van der Waals surface area contributed by atoms with Gasteiger partial charge in [-0.05, 0) is 128 Å². The number of aromatic nitrogens is 1. The quantitative estimate of drug-likeness (QED) is 0.189. The summed E-state index contributed by atoms with van der Waals surface area (Å²) in [5, 5.41) is 4.85. The van der Waals surface area contributed by atoms with Crippen LogP contribution in [0.1, 0.15) is 43.2 Å². The molecule has 1 spiro atoms. The molecule has 6 aromatic carbocycles. The number of para-hydroxylation sites is 4. The molecule has 0 amide bonds. The second kappa shape index (κ2) is 9.45. The van der Waals surface area contributed by atoms with Crippen LogP contribution in [0.5, 0.6) is 0 Å².